The van der Waals surface area contributed by atoms with Crippen LogP contribution in [-0.4, -0.2) is 20.9 Å². The second-order valence-corrected chi connectivity index (χ2v) is 9.32. The molecule has 10 nitrogen and oxygen atoms in total. The fourth-order valence-electron chi connectivity index (χ4n) is 4.26. The van der Waals surface area contributed by atoms with Crippen molar-refractivity contribution >= 4 is 23.2 Å². The second-order valence-electron chi connectivity index (χ2n) is 9.32. The van der Waals surface area contributed by atoms with Gasteiger partial charge in [0, 0.05) is 11.4 Å². The zero-order valence-electron chi connectivity index (χ0n) is 22.7. The lowest BCUT2D eigenvalue weighted by Gasteiger charge is -2.10. The molecule has 2 amide bonds. The third-order valence-corrected chi connectivity index (χ3v) is 6.29. The summed E-state index contributed by atoms with van der Waals surface area (Å²) in [5.74, 6) is 3.26. The van der Waals surface area contributed by atoms with Crippen LogP contribution in [-0.2, 0) is 28.2 Å². The Hall–Kier alpha value is -5.38. The van der Waals surface area contributed by atoms with Gasteiger partial charge in [0.05, 0.1) is 28.2 Å². The molecule has 0 saturated carbocycles. The number of aryl methyl sites for hydroxylation is 4. The molecule has 2 heterocycles. The normalized spacial score (nSPS) is 10.7. The molecule has 5 rings (SSSR count). The fourth-order valence-corrected chi connectivity index (χ4v) is 4.26. The molecule has 0 spiro atoms. The average Bonchev–Trinajstić information content (AvgIpc) is 3.46. The quantitative estimate of drug-likeness (QED) is 0.291. The number of rotatable bonds is 8. The highest BCUT2D eigenvalue weighted by atomic mass is 16.5. The lowest BCUT2D eigenvalue weighted by molar-refractivity contribution is -0.672. The van der Waals surface area contributed by atoms with Gasteiger partial charge in [-0.25, -0.2) is 18.3 Å². The van der Waals surface area contributed by atoms with Crippen molar-refractivity contribution in [1.29, 1.82) is 0 Å². The molecule has 40 heavy (non-hydrogen) atoms. The van der Waals surface area contributed by atoms with E-state index in [4.69, 9.17) is 9.47 Å². The molecular formula is C30H30N6O4+2. The van der Waals surface area contributed by atoms with Crippen molar-refractivity contribution in [2.24, 2.45) is 28.2 Å². The summed E-state index contributed by atoms with van der Waals surface area (Å²) in [4.78, 5) is 25.1. The fraction of sp³-hybridized carbons (Fsp3) is 0.133. The molecule has 0 atom stereocenters. The van der Waals surface area contributed by atoms with Gasteiger partial charge >= 0.3 is 23.5 Å². The molecule has 0 saturated heterocycles. The number of ether oxygens (including phenoxy) is 2. The number of amides is 2. The number of nitrogens with one attached hydrogen (secondary N) is 2. The standard InChI is InChI=1S/C30H28N6O4/c1-33-17-18-34(2)29(33)27(37)31-21-5-9-23(10-6-21)39-25-13-15-26(16-14-25)40-24-11-7-22(8-12-24)32-28(38)30-35(3)19-20-36(30)4/h5-20H,1-4H3/p+2. The van der Waals surface area contributed by atoms with E-state index < -0.39 is 0 Å². The van der Waals surface area contributed by atoms with Gasteiger partial charge in [-0.3, -0.25) is 9.59 Å². The monoisotopic (exact) mass is 538 g/mol. The first-order chi connectivity index (χ1) is 19.3. The van der Waals surface area contributed by atoms with E-state index in [0.717, 1.165) is 0 Å². The second kappa shape index (κ2) is 11.2. The molecule has 10 heteroatoms. The van der Waals surface area contributed by atoms with E-state index in [1.807, 2.05) is 77.2 Å². The minimum absolute atomic E-state index is 0.194. The summed E-state index contributed by atoms with van der Waals surface area (Å²) in [6, 6.07) is 21.6. The third-order valence-electron chi connectivity index (χ3n) is 6.29. The minimum Gasteiger partial charge on any atom is -0.457 e. The number of hydrogen-bond donors (Lipinski definition) is 2. The van der Waals surface area contributed by atoms with Crippen LogP contribution in [0.25, 0.3) is 0 Å². The Bertz CT molecular complexity index is 1490. The number of carbonyl (C=O) groups excluding carboxylic acids is 2. The first-order valence-corrected chi connectivity index (χ1v) is 12.6. The maximum atomic E-state index is 12.6. The van der Waals surface area contributed by atoms with Crippen molar-refractivity contribution < 1.29 is 28.2 Å². The van der Waals surface area contributed by atoms with E-state index in [-0.39, 0.29) is 11.8 Å². The first kappa shape index (κ1) is 26.2. The van der Waals surface area contributed by atoms with Gasteiger partial charge in [-0.15, -0.1) is 0 Å². The van der Waals surface area contributed by atoms with Gasteiger partial charge < -0.3 is 20.1 Å². The van der Waals surface area contributed by atoms with Gasteiger partial charge in [0.2, 0.25) is 0 Å². The van der Waals surface area contributed by atoms with Gasteiger partial charge in [-0.1, -0.05) is 0 Å². The zero-order valence-corrected chi connectivity index (χ0v) is 22.7. The summed E-state index contributed by atoms with van der Waals surface area (Å²) < 4.78 is 18.9. The Balaban J connectivity index is 1.14. The smallest absolute Gasteiger partial charge is 0.347 e. The van der Waals surface area contributed by atoms with Crippen LogP contribution < -0.4 is 29.2 Å². The van der Waals surface area contributed by atoms with Gasteiger partial charge in [0.25, 0.3) is 0 Å². The topological polar surface area (TPSA) is 94.3 Å². The van der Waals surface area contributed by atoms with E-state index >= 15 is 0 Å². The number of imidazole rings is 2. The maximum Gasteiger partial charge on any atom is 0.347 e. The Labute approximate surface area is 231 Å². The summed E-state index contributed by atoms with van der Waals surface area (Å²) >= 11 is 0. The molecule has 0 aliphatic carbocycles. The molecule has 0 bridgehead atoms. The number of benzene rings is 3. The van der Waals surface area contributed by atoms with E-state index in [1.54, 1.807) is 66.8 Å². The highest BCUT2D eigenvalue weighted by Gasteiger charge is 2.22. The van der Waals surface area contributed by atoms with Crippen LogP contribution in [0.3, 0.4) is 0 Å². The molecular weight excluding hydrogens is 508 g/mol. The van der Waals surface area contributed by atoms with Crippen molar-refractivity contribution in [3.8, 4) is 23.0 Å². The molecule has 0 aliphatic rings. The minimum atomic E-state index is -0.194. The summed E-state index contributed by atoms with van der Waals surface area (Å²) in [6.07, 6.45) is 7.30. The Kier molecular flexibility index (Phi) is 7.32. The molecule has 0 unspecified atom stereocenters. The van der Waals surface area contributed by atoms with Gasteiger partial charge in [0.15, 0.2) is 0 Å². The van der Waals surface area contributed by atoms with Gasteiger partial charge in [-0.2, -0.15) is 0 Å². The molecule has 5 aromatic rings. The Morgan fingerprint density at radius 1 is 0.575 bits per heavy atom. The molecule has 0 aliphatic heterocycles. The van der Waals surface area contributed by atoms with E-state index in [2.05, 4.69) is 10.6 Å². The molecule has 0 radical (unpaired) electrons. The van der Waals surface area contributed by atoms with E-state index in [0.29, 0.717) is 46.0 Å². The third kappa shape index (κ3) is 5.86. The highest BCUT2D eigenvalue weighted by molar-refractivity contribution is 6.01. The summed E-state index contributed by atoms with van der Waals surface area (Å²) in [6.45, 7) is 0. The van der Waals surface area contributed by atoms with E-state index in [1.165, 1.54) is 0 Å². The highest BCUT2D eigenvalue weighted by Crippen LogP contribution is 2.28. The predicted octanol–water partition coefficient (Wildman–Crippen LogP) is 4.10. The van der Waals surface area contributed by atoms with Gasteiger partial charge in [-0.05, 0) is 72.8 Å². The largest absolute Gasteiger partial charge is 0.457 e. The lowest BCUT2D eigenvalue weighted by atomic mass is 10.2. The Morgan fingerprint density at radius 3 is 1.15 bits per heavy atom. The first-order valence-electron chi connectivity index (χ1n) is 12.6. The number of aromatic nitrogens is 4. The summed E-state index contributed by atoms with van der Waals surface area (Å²) in [5, 5.41) is 5.79. The van der Waals surface area contributed by atoms with Crippen molar-refractivity contribution in [2.75, 3.05) is 10.6 Å². The van der Waals surface area contributed by atoms with Crippen LogP contribution in [0, 0.1) is 0 Å². The number of carbonyl (C=O) groups is 2. The number of anilines is 2. The Morgan fingerprint density at radius 2 is 0.875 bits per heavy atom. The summed E-state index contributed by atoms with van der Waals surface area (Å²) in [7, 11) is 7.30. The van der Waals surface area contributed by atoms with Crippen LogP contribution in [0.2, 0.25) is 0 Å². The average molecular weight is 539 g/mol. The molecule has 3 aromatic carbocycles. The van der Waals surface area contributed by atoms with E-state index in [9.17, 15) is 9.59 Å². The lowest BCUT2D eigenvalue weighted by Crippen LogP contribution is -2.37. The van der Waals surface area contributed by atoms with Crippen LogP contribution in [0.15, 0.2) is 97.6 Å². The SMILES string of the molecule is Cn1cc[n+](C)c1C(=O)Nc1ccc(Oc2ccc(Oc3ccc(NC(=O)c4n(C)cc[n+]4C)cc3)cc2)cc1. The van der Waals surface area contributed by atoms with Crippen LogP contribution in [0.5, 0.6) is 23.0 Å². The van der Waals surface area contributed by atoms with Crippen molar-refractivity contribution in [1.82, 2.24) is 9.13 Å². The predicted molar refractivity (Wildman–Crippen MR) is 149 cm³/mol. The number of hydrogen-bond acceptors (Lipinski definition) is 4. The molecule has 0 fully saturated rings. The van der Waals surface area contributed by atoms with Crippen molar-refractivity contribution in [3.05, 3.63) is 109 Å². The zero-order chi connectivity index (χ0) is 28.2. The molecule has 2 aromatic heterocycles. The molecule has 202 valence electrons. The summed E-state index contributed by atoms with van der Waals surface area (Å²) in [5.41, 5.74) is 1.34. The van der Waals surface area contributed by atoms with Crippen molar-refractivity contribution in [2.45, 2.75) is 0 Å². The van der Waals surface area contributed by atoms with Crippen molar-refractivity contribution in [3.63, 3.8) is 0 Å². The van der Waals surface area contributed by atoms with Crippen LogP contribution in [0.1, 0.15) is 21.2 Å². The van der Waals surface area contributed by atoms with Crippen LogP contribution in [0.4, 0.5) is 11.4 Å². The van der Waals surface area contributed by atoms with Crippen LogP contribution >= 0.6 is 0 Å². The molecule has 2 N–H and O–H groups in total. The maximum absolute atomic E-state index is 12.6. The number of nitrogens with zero attached hydrogens (tertiary/aromatic N) is 4. The van der Waals surface area contributed by atoms with Gasteiger partial charge in [0.1, 0.15) is 47.8 Å².